The second kappa shape index (κ2) is 6.68. The number of halogens is 1. The molecule has 0 aliphatic heterocycles. The maximum absolute atomic E-state index is 13.5. The summed E-state index contributed by atoms with van der Waals surface area (Å²) in [6.07, 6.45) is 3.60. The molecule has 0 saturated carbocycles. The quantitative estimate of drug-likeness (QED) is 0.906. The van der Waals surface area contributed by atoms with Crippen LogP contribution in [0.25, 0.3) is 0 Å². The summed E-state index contributed by atoms with van der Waals surface area (Å²) in [6, 6.07) is 10.8. The van der Waals surface area contributed by atoms with Crippen molar-refractivity contribution in [3.8, 4) is 0 Å². The van der Waals surface area contributed by atoms with Gasteiger partial charge < -0.3 is 5.73 Å². The highest BCUT2D eigenvalue weighted by Gasteiger charge is 2.05. The maximum atomic E-state index is 13.5. The Labute approximate surface area is 117 Å². The summed E-state index contributed by atoms with van der Waals surface area (Å²) >= 11 is 1.33. The van der Waals surface area contributed by atoms with Crippen molar-refractivity contribution in [1.82, 2.24) is 4.98 Å². The van der Waals surface area contributed by atoms with Gasteiger partial charge in [-0.15, -0.1) is 0 Å². The number of rotatable bonds is 5. The van der Waals surface area contributed by atoms with Gasteiger partial charge in [0.2, 0.25) is 0 Å². The van der Waals surface area contributed by atoms with Gasteiger partial charge in [-0.1, -0.05) is 36.9 Å². The van der Waals surface area contributed by atoms with Crippen LogP contribution in [-0.2, 0) is 6.42 Å². The smallest absolute Gasteiger partial charge is 0.137 e. The highest BCUT2D eigenvalue weighted by Crippen LogP contribution is 2.28. The number of aromatic nitrogens is 1. The Bertz CT molecular complexity index is 528. The van der Waals surface area contributed by atoms with Crippen LogP contribution < -0.4 is 5.73 Å². The molecule has 0 aliphatic rings. The van der Waals surface area contributed by atoms with Crippen molar-refractivity contribution in [2.45, 2.75) is 35.7 Å². The molecule has 1 heterocycles. The van der Waals surface area contributed by atoms with Crippen molar-refractivity contribution in [3.05, 3.63) is 54.0 Å². The van der Waals surface area contributed by atoms with Crippen LogP contribution in [0.2, 0.25) is 0 Å². The fourth-order valence-corrected chi connectivity index (χ4v) is 2.46. The zero-order chi connectivity index (χ0) is 13.7. The Morgan fingerprint density at radius 2 is 2.05 bits per heavy atom. The molecule has 0 amide bonds. The van der Waals surface area contributed by atoms with Crippen molar-refractivity contribution in [3.63, 3.8) is 0 Å². The van der Waals surface area contributed by atoms with Crippen LogP contribution in [-0.4, -0.2) is 11.0 Å². The van der Waals surface area contributed by atoms with E-state index >= 15 is 0 Å². The first-order valence-corrected chi connectivity index (χ1v) is 7.13. The van der Waals surface area contributed by atoms with Crippen LogP contribution in [0.5, 0.6) is 0 Å². The molecule has 19 heavy (non-hydrogen) atoms. The van der Waals surface area contributed by atoms with Gasteiger partial charge in [0.15, 0.2) is 0 Å². The molecule has 2 rings (SSSR count). The molecule has 1 unspecified atom stereocenters. The van der Waals surface area contributed by atoms with Gasteiger partial charge in [0, 0.05) is 17.1 Å². The molecule has 1 aromatic heterocycles. The summed E-state index contributed by atoms with van der Waals surface area (Å²) in [5, 5.41) is 0.791. The summed E-state index contributed by atoms with van der Waals surface area (Å²) in [6.45, 7) is 2.07. The maximum Gasteiger partial charge on any atom is 0.137 e. The van der Waals surface area contributed by atoms with Crippen molar-refractivity contribution in [2.75, 3.05) is 0 Å². The molecule has 2 nitrogen and oxygen atoms in total. The van der Waals surface area contributed by atoms with Crippen LogP contribution in [0.15, 0.2) is 52.5 Å². The number of benzene rings is 1. The summed E-state index contributed by atoms with van der Waals surface area (Å²) < 4.78 is 13.5. The van der Waals surface area contributed by atoms with Gasteiger partial charge in [0.25, 0.3) is 0 Å². The molecule has 0 spiro atoms. The summed E-state index contributed by atoms with van der Waals surface area (Å²) in [5.41, 5.74) is 7.02. The SMILES string of the molecule is CCC(N)Cc1ccc(Sc2ccccc2F)nc1. The van der Waals surface area contributed by atoms with Crippen molar-refractivity contribution < 1.29 is 4.39 Å². The van der Waals surface area contributed by atoms with E-state index in [-0.39, 0.29) is 11.9 Å². The molecule has 0 fully saturated rings. The molecule has 0 saturated heterocycles. The average molecular weight is 276 g/mol. The third-order valence-corrected chi connectivity index (χ3v) is 3.87. The van der Waals surface area contributed by atoms with Gasteiger partial charge in [-0.25, -0.2) is 9.37 Å². The van der Waals surface area contributed by atoms with Gasteiger partial charge in [-0.3, -0.25) is 0 Å². The lowest BCUT2D eigenvalue weighted by atomic mass is 10.1. The largest absolute Gasteiger partial charge is 0.327 e. The zero-order valence-corrected chi connectivity index (χ0v) is 11.7. The molecule has 1 aromatic carbocycles. The molecule has 0 radical (unpaired) electrons. The second-order valence-electron chi connectivity index (χ2n) is 4.41. The van der Waals surface area contributed by atoms with E-state index in [2.05, 4.69) is 11.9 Å². The normalized spacial score (nSPS) is 12.4. The van der Waals surface area contributed by atoms with E-state index in [1.165, 1.54) is 17.8 Å². The van der Waals surface area contributed by atoms with Crippen LogP contribution in [0, 0.1) is 5.82 Å². The number of hydrogen-bond acceptors (Lipinski definition) is 3. The van der Waals surface area contributed by atoms with Gasteiger partial charge >= 0.3 is 0 Å². The van der Waals surface area contributed by atoms with Gasteiger partial charge in [-0.05, 0) is 36.6 Å². The van der Waals surface area contributed by atoms with Gasteiger partial charge in [0.1, 0.15) is 10.8 Å². The lowest BCUT2D eigenvalue weighted by Crippen LogP contribution is -2.21. The van der Waals surface area contributed by atoms with Crippen LogP contribution >= 0.6 is 11.8 Å². The van der Waals surface area contributed by atoms with Crippen LogP contribution in [0.4, 0.5) is 4.39 Å². The highest BCUT2D eigenvalue weighted by molar-refractivity contribution is 7.99. The number of hydrogen-bond donors (Lipinski definition) is 1. The number of nitrogens with two attached hydrogens (primary N) is 1. The topological polar surface area (TPSA) is 38.9 Å². The van der Waals surface area contributed by atoms with Crippen molar-refractivity contribution in [1.29, 1.82) is 0 Å². The molecule has 0 aliphatic carbocycles. The Hall–Kier alpha value is -1.39. The summed E-state index contributed by atoms with van der Waals surface area (Å²) in [5.74, 6) is -0.216. The molecule has 100 valence electrons. The lowest BCUT2D eigenvalue weighted by molar-refractivity contribution is 0.602. The predicted molar refractivity (Wildman–Crippen MR) is 76.7 cm³/mol. The van der Waals surface area contributed by atoms with Crippen LogP contribution in [0.1, 0.15) is 18.9 Å². The van der Waals surface area contributed by atoms with Gasteiger partial charge in [0.05, 0.1) is 0 Å². The Kier molecular flexibility index (Phi) is 4.93. The molecule has 4 heteroatoms. The standard InChI is InChI=1S/C15H17FN2S/c1-2-12(17)9-11-7-8-15(18-10-11)19-14-6-4-3-5-13(14)16/h3-8,10,12H,2,9,17H2,1H3. The van der Waals surface area contributed by atoms with E-state index in [4.69, 9.17) is 5.73 Å². The second-order valence-corrected chi connectivity index (χ2v) is 5.47. The Morgan fingerprint density at radius 1 is 1.26 bits per heavy atom. The molecule has 2 aromatic rings. The lowest BCUT2D eigenvalue weighted by Gasteiger charge is -2.08. The van der Waals surface area contributed by atoms with E-state index < -0.39 is 0 Å². The van der Waals surface area contributed by atoms with Crippen LogP contribution in [0.3, 0.4) is 0 Å². The molecular formula is C15H17FN2S. The van der Waals surface area contributed by atoms with E-state index in [1.807, 2.05) is 24.4 Å². The highest BCUT2D eigenvalue weighted by atomic mass is 32.2. The minimum absolute atomic E-state index is 0.173. The van der Waals surface area contributed by atoms with E-state index in [1.54, 1.807) is 12.1 Å². The minimum atomic E-state index is -0.216. The fourth-order valence-electron chi connectivity index (χ4n) is 1.68. The Morgan fingerprint density at radius 3 is 2.68 bits per heavy atom. The monoisotopic (exact) mass is 276 g/mol. The predicted octanol–water partition coefficient (Wildman–Crippen LogP) is 3.65. The molecular weight excluding hydrogens is 259 g/mol. The molecule has 0 bridgehead atoms. The minimum Gasteiger partial charge on any atom is -0.327 e. The number of pyridine rings is 1. The Balaban J connectivity index is 2.05. The summed E-state index contributed by atoms with van der Waals surface area (Å²) in [7, 11) is 0. The first kappa shape index (κ1) is 14.0. The van der Waals surface area contributed by atoms with Crippen molar-refractivity contribution in [2.24, 2.45) is 5.73 Å². The fraction of sp³-hybridized carbons (Fsp3) is 0.267. The van der Waals surface area contributed by atoms with E-state index in [9.17, 15) is 4.39 Å². The summed E-state index contributed by atoms with van der Waals surface area (Å²) in [4.78, 5) is 4.93. The molecule has 2 N–H and O–H groups in total. The first-order chi connectivity index (χ1) is 9.19. The van der Waals surface area contributed by atoms with E-state index in [0.29, 0.717) is 4.90 Å². The average Bonchev–Trinajstić information content (AvgIpc) is 2.43. The van der Waals surface area contributed by atoms with Crippen molar-refractivity contribution >= 4 is 11.8 Å². The molecule has 1 atom stereocenters. The third kappa shape index (κ3) is 4.04. The zero-order valence-electron chi connectivity index (χ0n) is 10.8. The third-order valence-electron chi connectivity index (χ3n) is 2.87. The number of nitrogens with zero attached hydrogens (tertiary/aromatic N) is 1. The van der Waals surface area contributed by atoms with Gasteiger partial charge in [-0.2, -0.15) is 0 Å². The first-order valence-electron chi connectivity index (χ1n) is 6.32. The van der Waals surface area contributed by atoms with E-state index in [0.717, 1.165) is 23.4 Å².